The van der Waals surface area contributed by atoms with Crippen molar-refractivity contribution in [1.82, 2.24) is 10.2 Å². The number of carbonyl (C=O) groups excluding carboxylic acids is 1. The van der Waals surface area contributed by atoms with Crippen LogP contribution in [-0.4, -0.2) is 37.0 Å². The first kappa shape index (κ1) is 13.9. The van der Waals surface area contributed by atoms with E-state index < -0.39 is 0 Å². The molecular weight excluding hydrogens is 240 g/mol. The van der Waals surface area contributed by atoms with Crippen LogP contribution < -0.4 is 10.1 Å². The van der Waals surface area contributed by atoms with Crippen molar-refractivity contribution >= 4 is 5.91 Å². The van der Waals surface area contributed by atoms with E-state index in [1.54, 1.807) is 0 Å². The summed E-state index contributed by atoms with van der Waals surface area (Å²) in [7, 11) is 0. The smallest absolute Gasteiger partial charge is 0.260 e. The molecule has 104 valence electrons. The molecule has 0 unspecified atom stereocenters. The molecule has 0 radical (unpaired) electrons. The number of nitrogens with one attached hydrogen (secondary N) is 1. The minimum absolute atomic E-state index is 0.0922. The van der Waals surface area contributed by atoms with Crippen LogP contribution >= 0.6 is 0 Å². The number of rotatable bonds is 6. The molecule has 1 N–H and O–H groups in total. The van der Waals surface area contributed by atoms with Crippen molar-refractivity contribution in [2.24, 2.45) is 0 Å². The first-order valence-corrected chi connectivity index (χ1v) is 7.00. The van der Waals surface area contributed by atoms with Crippen LogP contribution in [0.4, 0.5) is 0 Å². The van der Waals surface area contributed by atoms with Crippen molar-refractivity contribution < 1.29 is 9.53 Å². The van der Waals surface area contributed by atoms with E-state index in [2.05, 4.69) is 18.3 Å². The minimum Gasteiger partial charge on any atom is -0.484 e. The Morgan fingerprint density at radius 1 is 1.37 bits per heavy atom. The van der Waals surface area contributed by atoms with Gasteiger partial charge in [0.05, 0.1) is 0 Å². The molecule has 0 spiro atoms. The van der Waals surface area contributed by atoms with Crippen LogP contribution in [0.1, 0.15) is 25.3 Å². The molecule has 4 nitrogen and oxygen atoms in total. The Morgan fingerprint density at radius 3 is 2.89 bits per heavy atom. The number of hydrogen-bond donors (Lipinski definition) is 1. The number of likely N-dealkylation sites (tertiary alicyclic amines) is 1. The van der Waals surface area contributed by atoms with Crippen LogP contribution in [0.25, 0.3) is 0 Å². The summed E-state index contributed by atoms with van der Waals surface area (Å²) in [5.41, 5.74) is 1.17. The number of nitrogens with zero attached hydrogens (tertiary/aromatic N) is 1. The summed E-state index contributed by atoms with van der Waals surface area (Å²) in [6.45, 7) is 5.75. The summed E-state index contributed by atoms with van der Waals surface area (Å²) in [5, 5.41) is 3.27. The summed E-state index contributed by atoms with van der Waals surface area (Å²) < 4.78 is 5.58. The average molecular weight is 262 g/mol. The third-order valence-corrected chi connectivity index (χ3v) is 3.30. The second-order valence-electron chi connectivity index (χ2n) is 4.80. The number of carbonyl (C=O) groups is 1. The molecule has 4 heteroatoms. The molecule has 1 aromatic carbocycles. The van der Waals surface area contributed by atoms with Crippen LogP contribution in [-0.2, 0) is 11.3 Å². The number of benzene rings is 1. The minimum atomic E-state index is 0.0922. The van der Waals surface area contributed by atoms with Gasteiger partial charge in [-0.3, -0.25) is 4.79 Å². The van der Waals surface area contributed by atoms with Crippen molar-refractivity contribution in [3.05, 3.63) is 29.8 Å². The van der Waals surface area contributed by atoms with Crippen molar-refractivity contribution in [1.29, 1.82) is 0 Å². The molecule has 0 bridgehead atoms. The summed E-state index contributed by atoms with van der Waals surface area (Å²) in [4.78, 5) is 13.7. The van der Waals surface area contributed by atoms with Gasteiger partial charge in [0.15, 0.2) is 6.61 Å². The Labute approximate surface area is 114 Å². The molecule has 1 fully saturated rings. The van der Waals surface area contributed by atoms with Gasteiger partial charge in [-0.15, -0.1) is 0 Å². The monoisotopic (exact) mass is 262 g/mol. The molecule has 1 saturated heterocycles. The Morgan fingerprint density at radius 2 is 2.16 bits per heavy atom. The van der Waals surface area contributed by atoms with Gasteiger partial charge in [-0.05, 0) is 37.1 Å². The van der Waals surface area contributed by atoms with Crippen molar-refractivity contribution in [3.63, 3.8) is 0 Å². The second kappa shape index (κ2) is 7.14. The van der Waals surface area contributed by atoms with Crippen molar-refractivity contribution in [3.8, 4) is 5.75 Å². The molecule has 0 saturated carbocycles. The van der Waals surface area contributed by atoms with E-state index in [-0.39, 0.29) is 12.5 Å². The van der Waals surface area contributed by atoms with Gasteiger partial charge in [-0.1, -0.05) is 19.1 Å². The second-order valence-corrected chi connectivity index (χ2v) is 4.80. The molecule has 19 heavy (non-hydrogen) atoms. The van der Waals surface area contributed by atoms with Crippen molar-refractivity contribution in [2.75, 3.05) is 26.2 Å². The molecule has 1 heterocycles. The zero-order valence-electron chi connectivity index (χ0n) is 11.5. The van der Waals surface area contributed by atoms with E-state index in [0.29, 0.717) is 0 Å². The standard InChI is InChI=1S/C15H22N2O2/c1-2-16-11-13-6-5-7-14(10-13)19-12-15(18)17-8-3-4-9-17/h5-7,10,16H,2-4,8-9,11-12H2,1H3. The van der Waals surface area contributed by atoms with Crippen LogP contribution in [0, 0.1) is 0 Å². The summed E-state index contributed by atoms with van der Waals surface area (Å²) >= 11 is 0. The van der Waals surface area contributed by atoms with Crippen LogP contribution in [0.2, 0.25) is 0 Å². The Hall–Kier alpha value is -1.55. The molecule has 0 aliphatic carbocycles. The maximum absolute atomic E-state index is 11.9. The van der Waals surface area contributed by atoms with Crippen molar-refractivity contribution in [2.45, 2.75) is 26.3 Å². The third kappa shape index (κ3) is 4.24. The molecular formula is C15H22N2O2. The van der Waals surface area contributed by atoms with E-state index in [1.165, 1.54) is 5.56 Å². The van der Waals surface area contributed by atoms with Gasteiger partial charge >= 0.3 is 0 Å². The fourth-order valence-corrected chi connectivity index (χ4v) is 2.22. The highest BCUT2D eigenvalue weighted by Gasteiger charge is 2.17. The fraction of sp³-hybridized carbons (Fsp3) is 0.533. The topological polar surface area (TPSA) is 41.6 Å². The van der Waals surface area contributed by atoms with Gasteiger partial charge in [0.25, 0.3) is 5.91 Å². The van der Waals surface area contributed by atoms with Gasteiger partial charge in [0.2, 0.25) is 0 Å². The lowest BCUT2D eigenvalue weighted by Gasteiger charge is -2.15. The normalized spacial score (nSPS) is 14.7. The Balaban J connectivity index is 1.83. The SMILES string of the molecule is CCNCc1cccc(OCC(=O)N2CCCC2)c1. The maximum atomic E-state index is 11.9. The molecule has 0 aromatic heterocycles. The molecule has 1 aliphatic heterocycles. The molecule has 1 amide bonds. The highest BCUT2D eigenvalue weighted by atomic mass is 16.5. The third-order valence-electron chi connectivity index (χ3n) is 3.30. The summed E-state index contributed by atoms with van der Waals surface area (Å²) in [5.74, 6) is 0.859. The van der Waals surface area contributed by atoms with Crippen LogP contribution in [0.3, 0.4) is 0 Å². The molecule has 1 aromatic rings. The quantitative estimate of drug-likeness (QED) is 0.850. The lowest BCUT2D eigenvalue weighted by molar-refractivity contribution is -0.132. The summed E-state index contributed by atoms with van der Waals surface area (Å²) in [6.07, 6.45) is 2.23. The van der Waals surface area contributed by atoms with Crippen LogP contribution in [0.15, 0.2) is 24.3 Å². The van der Waals surface area contributed by atoms with E-state index in [9.17, 15) is 4.79 Å². The van der Waals surface area contributed by atoms with Gasteiger partial charge in [-0.2, -0.15) is 0 Å². The Bertz CT molecular complexity index is 414. The highest BCUT2D eigenvalue weighted by Crippen LogP contribution is 2.14. The van der Waals surface area contributed by atoms with Gasteiger partial charge in [0.1, 0.15) is 5.75 Å². The highest BCUT2D eigenvalue weighted by molar-refractivity contribution is 5.78. The number of ether oxygens (including phenoxy) is 1. The fourth-order valence-electron chi connectivity index (χ4n) is 2.22. The molecule has 2 rings (SSSR count). The zero-order valence-corrected chi connectivity index (χ0v) is 11.5. The average Bonchev–Trinajstić information content (AvgIpc) is 2.97. The van der Waals surface area contributed by atoms with Gasteiger partial charge < -0.3 is 15.0 Å². The van der Waals surface area contributed by atoms with E-state index in [0.717, 1.165) is 44.8 Å². The lowest BCUT2D eigenvalue weighted by Crippen LogP contribution is -2.32. The predicted molar refractivity (Wildman–Crippen MR) is 75.1 cm³/mol. The van der Waals surface area contributed by atoms with E-state index in [4.69, 9.17) is 4.74 Å². The molecule has 1 aliphatic rings. The number of amides is 1. The lowest BCUT2D eigenvalue weighted by atomic mass is 10.2. The Kier molecular flexibility index (Phi) is 5.21. The van der Waals surface area contributed by atoms with Crippen LogP contribution in [0.5, 0.6) is 5.75 Å². The van der Waals surface area contributed by atoms with Gasteiger partial charge in [0, 0.05) is 19.6 Å². The molecule has 0 atom stereocenters. The van der Waals surface area contributed by atoms with Gasteiger partial charge in [-0.25, -0.2) is 0 Å². The maximum Gasteiger partial charge on any atom is 0.260 e. The van der Waals surface area contributed by atoms with E-state index >= 15 is 0 Å². The number of hydrogen-bond acceptors (Lipinski definition) is 3. The zero-order chi connectivity index (χ0) is 13.5. The first-order chi connectivity index (χ1) is 9.29. The first-order valence-electron chi connectivity index (χ1n) is 7.00. The predicted octanol–water partition coefficient (Wildman–Crippen LogP) is 1.80. The largest absolute Gasteiger partial charge is 0.484 e. The summed E-state index contributed by atoms with van der Waals surface area (Å²) in [6, 6.07) is 7.90. The van der Waals surface area contributed by atoms with E-state index in [1.807, 2.05) is 23.1 Å².